The van der Waals surface area contributed by atoms with Crippen LogP contribution in [0, 0.1) is 6.92 Å². The Morgan fingerprint density at radius 1 is 1.25 bits per heavy atom. The minimum atomic E-state index is -0.960. The average Bonchev–Trinajstić information content (AvgIpc) is 3.17. The van der Waals surface area contributed by atoms with Gasteiger partial charge in [-0.3, -0.25) is 10.1 Å². The number of aromatic nitrogens is 3. The Hall–Kier alpha value is -2.75. The molecule has 9 nitrogen and oxygen atoms in total. The van der Waals surface area contributed by atoms with Gasteiger partial charge in [0.15, 0.2) is 5.13 Å². The maximum atomic E-state index is 12.7. The average molecular weight is 401 g/mol. The van der Waals surface area contributed by atoms with Crippen LogP contribution in [0.5, 0.6) is 0 Å². The normalized spacial score (nSPS) is 21.5. The largest absolute Gasteiger partial charge is 0.368 e. The molecule has 4 rings (SSSR count). The van der Waals surface area contributed by atoms with E-state index in [1.54, 1.807) is 13.1 Å². The van der Waals surface area contributed by atoms with Gasteiger partial charge in [-0.25, -0.2) is 19.7 Å². The highest BCUT2D eigenvalue weighted by atomic mass is 32.1. The quantitative estimate of drug-likeness (QED) is 0.809. The van der Waals surface area contributed by atoms with Crippen LogP contribution in [0.15, 0.2) is 12.3 Å². The lowest BCUT2D eigenvalue weighted by Gasteiger charge is -2.31. The minimum absolute atomic E-state index is 0.358. The zero-order valence-electron chi connectivity index (χ0n) is 15.9. The van der Waals surface area contributed by atoms with Crippen LogP contribution in [0.1, 0.15) is 31.9 Å². The summed E-state index contributed by atoms with van der Waals surface area (Å²) < 4.78 is 0. The molecule has 2 aromatic rings. The summed E-state index contributed by atoms with van der Waals surface area (Å²) in [6.45, 7) is 6.03. The van der Waals surface area contributed by atoms with Crippen LogP contribution < -0.4 is 16.0 Å². The molecule has 10 heteroatoms. The van der Waals surface area contributed by atoms with Crippen LogP contribution in [0.4, 0.5) is 15.9 Å². The fraction of sp³-hybridized carbons (Fsp3) is 0.500. The summed E-state index contributed by atoms with van der Waals surface area (Å²) in [5.41, 5.74) is 6.13. The monoisotopic (exact) mass is 401 g/mol. The Labute approximate surface area is 167 Å². The minimum Gasteiger partial charge on any atom is -0.368 e. The van der Waals surface area contributed by atoms with Crippen LogP contribution in [0.25, 0.3) is 10.6 Å². The van der Waals surface area contributed by atoms with Crippen molar-refractivity contribution < 1.29 is 9.59 Å². The van der Waals surface area contributed by atoms with Crippen molar-refractivity contribution in [3.63, 3.8) is 0 Å². The second kappa shape index (κ2) is 7.01. The van der Waals surface area contributed by atoms with E-state index in [2.05, 4.69) is 25.2 Å². The van der Waals surface area contributed by atoms with Gasteiger partial charge >= 0.3 is 6.03 Å². The van der Waals surface area contributed by atoms with Crippen molar-refractivity contribution >= 4 is 34.4 Å². The summed E-state index contributed by atoms with van der Waals surface area (Å²) in [7, 11) is 0. The molecule has 0 aromatic carbocycles. The molecule has 148 valence electrons. The molecule has 2 aliphatic heterocycles. The van der Waals surface area contributed by atoms with Gasteiger partial charge in [0.25, 0.3) is 0 Å². The molecule has 0 saturated carbocycles. The van der Waals surface area contributed by atoms with Gasteiger partial charge < -0.3 is 15.5 Å². The van der Waals surface area contributed by atoms with Gasteiger partial charge in [-0.15, -0.1) is 0 Å². The Bertz CT molecular complexity index is 926. The summed E-state index contributed by atoms with van der Waals surface area (Å²) >= 11 is 1.36. The Morgan fingerprint density at radius 3 is 2.71 bits per heavy atom. The van der Waals surface area contributed by atoms with Gasteiger partial charge in [0.2, 0.25) is 11.9 Å². The second-order valence-corrected chi connectivity index (χ2v) is 8.34. The topological polar surface area (TPSA) is 117 Å². The summed E-state index contributed by atoms with van der Waals surface area (Å²) in [6, 6.07) is 1.49. The van der Waals surface area contributed by atoms with Gasteiger partial charge in [0.05, 0.1) is 16.3 Å². The molecule has 0 radical (unpaired) electrons. The Balaban J connectivity index is 1.53. The summed E-state index contributed by atoms with van der Waals surface area (Å²) in [5, 5.41) is 3.29. The molecule has 1 atom stereocenters. The van der Waals surface area contributed by atoms with Crippen LogP contribution in [-0.4, -0.2) is 57.0 Å². The first kappa shape index (κ1) is 18.6. The summed E-state index contributed by atoms with van der Waals surface area (Å²) in [5.74, 6) is 0.229. The van der Waals surface area contributed by atoms with E-state index >= 15 is 0 Å². The lowest BCUT2D eigenvalue weighted by Crippen LogP contribution is -2.55. The smallest absolute Gasteiger partial charge is 0.324 e. The molecule has 28 heavy (non-hydrogen) atoms. The van der Waals surface area contributed by atoms with Gasteiger partial charge in [-0.2, -0.15) is 0 Å². The number of anilines is 2. The Kier molecular flexibility index (Phi) is 4.66. The van der Waals surface area contributed by atoms with E-state index in [9.17, 15) is 9.59 Å². The maximum Gasteiger partial charge on any atom is 0.324 e. The maximum absolute atomic E-state index is 12.7. The predicted octanol–water partition coefficient (Wildman–Crippen LogP) is 1.99. The number of thiazole rings is 1. The van der Waals surface area contributed by atoms with Gasteiger partial charge in [0, 0.05) is 25.8 Å². The number of carbonyl (C=O) groups excluding carboxylic acids is 2. The number of nitrogens with zero attached hydrogens (tertiary/aromatic N) is 5. The highest BCUT2D eigenvalue weighted by Crippen LogP contribution is 2.34. The number of nitrogens with one attached hydrogen (secondary N) is 1. The van der Waals surface area contributed by atoms with Gasteiger partial charge in [-0.1, -0.05) is 11.3 Å². The van der Waals surface area contributed by atoms with Crippen molar-refractivity contribution in [3.05, 3.63) is 18.0 Å². The number of urea groups is 1. The standard InChI is InChI=1S/C18H23N7O2S/c1-11-13(12-5-7-20-15(22-12)24-8-4-9-24)28-16(21-11)23-17(27)25-10-3-6-18(25,2)14(19)26/h5,7H,3-4,6,8-10H2,1-2H3,(H2,19,26)(H,21,23,27)/t18-/m0/s1. The van der Waals surface area contributed by atoms with Crippen molar-refractivity contribution in [3.8, 4) is 10.6 Å². The molecular weight excluding hydrogens is 378 g/mol. The number of likely N-dealkylation sites (tertiary alicyclic amines) is 1. The van der Waals surface area contributed by atoms with Crippen LogP contribution in [0.3, 0.4) is 0 Å². The molecule has 2 aromatic heterocycles. The van der Waals surface area contributed by atoms with E-state index in [1.165, 1.54) is 16.2 Å². The van der Waals surface area contributed by atoms with Crippen molar-refractivity contribution in [2.75, 3.05) is 29.9 Å². The number of carbonyl (C=O) groups is 2. The predicted molar refractivity (Wildman–Crippen MR) is 107 cm³/mol. The zero-order chi connectivity index (χ0) is 19.9. The van der Waals surface area contributed by atoms with Crippen molar-refractivity contribution in [2.45, 2.75) is 38.6 Å². The number of amides is 3. The first-order valence-electron chi connectivity index (χ1n) is 9.33. The number of hydrogen-bond donors (Lipinski definition) is 2. The molecule has 4 heterocycles. The molecule has 2 fully saturated rings. The molecule has 2 aliphatic rings. The van der Waals surface area contributed by atoms with E-state index in [-0.39, 0.29) is 6.03 Å². The molecular formula is C18H23N7O2S. The van der Waals surface area contributed by atoms with Gasteiger partial charge in [0.1, 0.15) is 5.54 Å². The van der Waals surface area contributed by atoms with Crippen molar-refractivity contribution in [1.29, 1.82) is 0 Å². The number of hydrogen-bond acceptors (Lipinski definition) is 7. The third-order valence-electron chi connectivity index (χ3n) is 5.44. The number of nitrogens with two attached hydrogens (primary N) is 1. The van der Waals surface area contributed by atoms with E-state index in [4.69, 9.17) is 5.73 Å². The van der Waals surface area contributed by atoms with Gasteiger partial charge in [-0.05, 0) is 39.2 Å². The molecule has 2 saturated heterocycles. The molecule has 0 unspecified atom stereocenters. The molecule has 3 N–H and O–H groups in total. The van der Waals surface area contributed by atoms with E-state index < -0.39 is 11.4 Å². The van der Waals surface area contributed by atoms with Crippen LogP contribution >= 0.6 is 11.3 Å². The van der Waals surface area contributed by atoms with E-state index in [1.807, 2.05) is 13.0 Å². The van der Waals surface area contributed by atoms with Crippen LogP contribution in [0.2, 0.25) is 0 Å². The van der Waals surface area contributed by atoms with E-state index in [0.29, 0.717) is 18.1 Å². The first-order chi connectivity index (χ1) is 13.4. The second-order valence-electron chi connectivity index (χ2n) is 7.34. The third kappa shape index (κ3) is 3.17. The Morgan fingerprint density at radius 2 is 2.04 bits per heavy atom. The number of primary amides is 1. The lowest BCUT2D eigenvalue weighted by atomic mass is 9.98. The molecule has 0 spiro atoms. The number of rotatable bonds is 4. The molecule has 0 aliphatic carbocycles. The lowest BCUT2D eigenvalue weighted by molar-refractivity contribution is -0.126. The zero-order valence-corrected chi connectivity index (χ0v) is 16.8. The highest BCUT2D eigenvalue weighted by molar-refractivity contribution is 7.19. The first-order valence-corrected chi connectivity index (χ1v) is 10.1. The van der Waals surface area contributed by atoms with Crippen molar-refractivity contribution in [2.24, 2.45) is 5.73 Å². The SMILES string of the molecule is Cc1nc(NC(=O)N2CCC[C@@]2(C)C(N)=O)sc1-c1ccnc(N2CCC2)n1. The summed E-state index contributed by atoms with van der Waals surface area (Å²) in [6.07, 6.45) is 4.22. The van der Waals surface area contributed by atoms with E-state index in [0.717, 1.165) is 48.1 Å². The van der Waals surface area contributed by atoms with Crippen LogP contribution in [-0.2, 0) is 4.79 Å². The molecule has 0 bridgehead atoms. The number of aryl methyl sites for hydroxylation is 1. The third-order valence-corrected chi connectivity index (χ3v) is 6.54. The van der Waals surface area contributed by atoms with Crippen molar-refractivity contribution in [1.82, 2.24) is 19.9 Å². The fourth-order valence-corrected chi connectivity index (χ4v) is 4.46. The fourth-order valence-electron chi connectivity index (χ4n) is 3.53. The highest BCUT2D eigenvalue weighted by Gasteiger charge is 2.44. The molecule has 3 amide bonds. The summed E-state index contributed by atoms with van der Waals surface area (Å²) in [4.78, 5) is 42.5.